The van der Waals surface area contributed by atoms with Crippen molar-refractivity contribution in [2.24, 2.45) is 4.99 Å². The van der Waals surface area contributed by atoms with Crippen molar-refractivity contribution >= 4 is 11.8 Å². The van der Waals surface area contributed by atoms with Crippen molar-refractivity contribution in [3.63, 3.8) is 0 Å². The van der Waals surface area contributed by atoms with E-state index in [9.17, 15) is 0 Å². The number of hydrogen-bond donors (Lipinski definition) is 1. The summed E-state index contributed by atoms with van der Waals surface area (Å²) >= 11 is 0. The second-order valence-corrected chi connectivity index (χ2v) is 5.97. The number of hydrogen-bond acceptors (Lipinski definition) is 3. The molecule has 0 spiro atoms. The van der Waals surface area contributed by atoms with Crippen LogP contribution in [-0.2, 0) is 4.74 Å². The third kappa shape index (κ3) is 3.00. The molecule has 2 aromatic rings. The van der Waals surface area contributed by atoms with Crippen LogP contribution < -0.4 is 4.74 Å². The first kappa shape index (κ1) is 16.1. The number of nitrogens with one attached hydrogen (secondary N) is 1. The molecule has 1 aromatic carbocycles. The zero-order valence-electron chi connectivity index (χ0n) is 14.7. The van der Waals surface area contributed by atoms with Gasteiger partial charge in [0.05, 0.1) is 19.9 Å². The van der Waals surface area contributed by atoms with Gasteiger partial charge in [0, 0.05) is 23.0 Å². The number of rotatable bonds is 4. The number of aryl methyl sites for hydroxylation is 3. The van der Waals surface area contributed by atoms with Gasteiger partial charge in [0.1, 0.15) is 17.2 Å². The minimum absolute atomic E-state index is 0.769. The van der Waals surface area contributed by atoms with Crippen molar-refractivity contribution < 1.29 is 9.47 Å². The Morgan fingerprint density at radius 3 is 2.38 bits per heavy atom. The number of aromatic amines is 1. The molecule has 0 amide bonds. The molecule has 0 saturated carbocycles. The van der Waals surface area contributed by atoms with Gasteiger partial charge >= 0.3 is 0 Å². The molecule has 0 atom stereocenters. The van der Waals surface area contributed by atoms with Gasteiger partial charge in [-0.1, -0.05) is 0 Å². The van der Waals surface area contributed by atoms with E-state index in [1.165, 1.54) is 5.56 Å². The second-order valence-electron chi connectivity index (χ2n) is 5.97. The van der Waals surface area contributed by atoms with Crippen LogP contribution in [0.15, 0.2) is 46.8 Å². The van der Waals surface area contributed by atoms with Gasteiger partial charge in [0.2, 0.25) is 0 Å². The highest BCUT2D eigenvalue weighted by molar-refractivity contribution is 6.12. The second kappa shape index (κ2) is 6.40. The molecule has 0 radical (unpaired) electrons. The Labute approximate surface area is 142 Å². The first-order valence-corrected chi connectivity index (χ1v) is 7.89. The van der Waals surface area contributed by atoms with E-state index in [1.807, 2.05) is 38.1 Å². The van der Waals surface area contributed by atoms with Crippen molar-refractivity contribution in [1.82, 2.24) is 4.98 Å². The van der Waals surface area contributed by atoms with E-state index in [0.29, 0.717) is 0 Å². The largest absolute Gasteiger partial charge is 0.496 e. The number of nitrogens with zero attached hydrogens (tertiary/aromatic N) is 1. The molecule has 2 heterocycles. The van der Waals surface area contributed by atoms with Gasteiger partial charge in [-0.15, -0.1) is 0 Å². The Balaban J connectivity index is 2.00. The van der Waals surface area contributed by atoms with Crippen LogP contribution in [0, 0.1) is 20.8 Å². The van der Waals surface area contributed by atoms with Gasteiger partial charge in [0.15, 0.2) is 0 Å². The Bertz CT molecular complexity index is 870. The lowest BCUT2D eigenvalue weighted by atomic mass is 10.1. The molecule has 0 fully saturated rings. The maximum Gasteiger partial charge on any atom is 0.146 e. The van der Waals surface area contributed by atoms with E-state index in [1.54, 1.807) is 14.2 Å². The predicted molar refractivity (Wildman–Crippen MR) is 97.6 cm³/mol. The highest BCUT2D eigenvalue weighted by atomic mass is 16.5. The number of benzene rings is 1. The van der Waals surface area contributed by atoms with E-state index in [-0.39, 0.29) is 0 Å². The van der Waals surface area contributed by atoms with E-state index < -0.39 is 0 Å². The summed E-state index contributed by atoms with van der Waals surface area (Å²) in [6.07, 6.45) is 4.00. The van der Waals surface area contributed by atoms with Crippen molar-refractivity contribution in [2.45, 2.75) is 20.8 Å². The standard InChI is InChI=1S/C20H22N2O2/c1-12-8-14(3)21-16(12)10-18-20(24-5)11-17(22-18)15-6-7-19(23-4)13(2)9-15/h6-11,21H,1-5H3/b18-10+. The number of H-pyrrole nitrogens is 1. The minimum Gasteiger partial charge on any atom is -0.496 e. The summed E-state index contributed by atoms with van der Waals surface area (Å²) in [6, 6.07) is 8.18. The third-order valence-electron chi connectivity index (χ3n) is 4.14. The summed E-state index contributed by atoms with van der Waals surface area (Å²) in [5.41, 5.74) is 7.23. The molecule has 0 bridgehead atoms. The van der Waals surface area contributed by atoms with Gasteiger partial charge in [-0.2, -0.15) is 0 Å². The quantitative estimate of drug-likeness (QED) is 0.911. The maximum absolute atomic E-state index is 5.51. The van der Waals surface area contributed by atoms with Crippen molar-refractivity contribution in [3.8, 4) is 5.75 Å². The smallest absolute Gasteiger partial charge is 0.146 e. The number of ether oxygens (including phenoxy) is 2. The monoisotopic (exact) mass is 322 g/mol. The Kier molecular flexibility index (Phi) is 4.30. The molecule has 0 saturated heterocycles. The third-order valence-corrected chi connectivity index (χ3v) is 4.14. The molecule has 1 aliphatic rings. The summed E-state index contributed by atoms with van der Waals surface area (Å²) in [7, 11) is 3.35. The molecule has 1 aromatic heterocycles. The number of allylic oxidation sites excluding steroid dienone is 1. The van der Waals surface area contributed by atoms with E-state index in [4.69, 9.17) is 14.5 Å². The molecule has 3 rings (SSSR count). The van der Waals surface area contributed by atoms with Crippen LogP contribution in [0.5, 0.6) is 5.75 Å². The Morgan fingerprint density at radius 1 is 1.00 bits per heavy atom. The lowest BCUT2D eigenvalue weighted by Crippen LogP contribution is -1.96. The Hall–Kier alpha value is -2.75. The highest BCUT2D eigenvalue weighted by Crippen LogP contribution is 2.27. The molecule has 4 heteroatoms. The summed E-state index contributed by atoms with van der Waals surface area (Å²) in [5, 5.41) is 0. The predicted octanol–water partition coefficient (Wildman–Crippen LogP) is 4.32. The van der Waals surface area contributed by atoms with Crippen LogP contribution in [0.2, 0.25) is 0 Å². The van der Waals surface area contributed by atoms with Gasteiger partial charge in [-0.25, -0.2) is 4.99 Å². The van der Waals surface area contributed by atoms with E-state index in [0.717, 1.165) is 45.4 Å². The number of aliphatic imine (C=N–C) groups is 1. The molecule has 124 valence electrons. The summed E-state index contributed by atoms with van der Waals surface area (Å²) in [5.74, 6) is 1.65. The van der Waals surface area contributed by atoms with Crippen molar-refractivity contribution in [2.75, 3.05) is 14.2 Å². The van der Waals surface area contributed by atoms with Gasteiger partial charge in [-0.3, -0.25) is 0 Å². The van der Waals surface area contributed by atoms with Crippen LogP contribution in [0.25, 0.3) is 6.08 Å². The first-order chi connectivity index (χ1) is 11.5. The molecule has 0 aliphatic carbocycles. The van der Waals surface area contributed by atoms with Crippen LogP contribution in [0.3, 0.4) is 0 Å². The summed E-state index contributed by atoms with van der Waals surface area (Å²) in [6.45, 7) is 6.16. The molecule has 0 unspecified atom stereocenters. The normalized spacial score (nSPS) is 15.5. The van der Waals surface area contributed by atoms with Gasteiger partial charge in [-0.05, 0) is 62.2 Å². The lowest BCUT2D eigenvalue weighted by molar-refractivity contribution is 0.303. The molecule has 4 nitrogen and oxygen atoms in total. The molecule has 24 heavy (non-hydrogen) atoms. The van der Waals surface area contributed by atoms with Crippen LogP contribution in [0.4, 0.5) is 0 Å². The molecule has 1 aliphatic heterocycles. The zero-order valence-corrected chi connectivity index (χ0v) is 14.7. The van der Waals surface area contributed by atoms with E-state index >= 15 is 0 Å². The number of methoxy groups -OCH3 is 2. The highest BCUT2D eigenvalue weighted by Gasteiger charge is 2.17. The van der Waals surface area contributed by atoms with Crippen molar-refractivity contribution in [1.29, 1.82) is 0 Å². The van der Waals surface area contributed by atoms with E-state index in [2.05, 4.69) is 24.0 Å². The molecule has 1 N–H and O–H groups in total. The molecular weight excluding hydrogens is 300 g/mol. The van der Waals surface area contributed by atoms with Gasteiger partial charge in [0.25, 0.3) is 0 Å². The summed E-state index contributed by atoms with van der Waals surface area (Å²) in [4.78, 5) is 8.10. The average molecular weight is 322 g/mol. The number of aromatic nitrogens is 1. The topological polar surface area (TPSA) is 46.6 Å². The zero-order chi connectivity index (χ0) is 17.3. The fourth-order valence-electron chi connectivity index (χ4n) is 2.90. The lowest BCUT2D eigenvalue weighted by Gasteiger charge is -2.06. The minimum atomic E-state index is 0.769. The van der Waals surface area contributed by atoms with Crippen LogP contribution in [0.1, 0.15) is 28.1 Å². The Morgan fingerprint density at radius 2 is 1.79 bits per heavy atom. The average Bonchev–Trinajstić information content (AvgIpc) is 3.10. The molecular formula is C20H22N2O2. The fourth-order valence-corrected chi connectivity index (χ4v) is 2.90. The van der Waals surface area contributed by atoms with Crippen LogP contribution in [-0.4, -0.2) is 24.9 Å². The maximum atomic E-state index is 5.51. The van der Waals surface area contributed by atoms with Crippen LogP contribution >= 0.6 is 0 Å². The first-order valence-electron chi connectivity index (χ1n) is 7.89. The van der Waals surface area contributed by atoms with Crippen molar-refractivity contribution in [3.05, 3.63) is 69.9 Å². The van der Waals surface area contributed by atoms with Gasteiger partial charge < -0.3 is 14.5 Å². The SMILES string of the molecule is COC1=CC(c2ccc(OC)c(C)c2)=N/C1=C/c1[nH]c(C)cc1C. The fraction of sp³-hybridized carbons (Fsp3) is 0.250. The summed E-state index contributed by atoms with van der Waals surface area (Å²) < 4.78 is 10.8.